The molecule has 1 aromatic carbocycles. The van der Waals surface area contributed by atoms with Crippen molar-refractivity contribution in [3.05, 3.63) is 35.4 Å². The quantitative estimate of drug-likeness (QED) is 0.881. The van der Waals surface area contributed by atoms with Crippen LogP contribution < -0.4 is 0 Å². The number of benzene rings is 1. The average Bonchev–Trinajstić information content (AvgIpc) is 2.72. The van der Waals surface area contributed by atoms with Gasteiger partial charge in [-0.2, -0.15) is 0 Å². The number of ether oxygens (including phenoxy) is 1. The first-order valence-electron chi connectivity index (χ1n) is 5.29. The van der Waals surface area contributed by atoms with Crippen LogP contribution in [-0.4, -0.2) is 24.3 Å². The van der Waals surface area contributed by atoms with Crippen molar-refractivity contribution in [1.82, 2.24) is 0 Å². The predicted octanol–water partition coefficient (Wildman–Crippen LogP) is 2.00. The molecule has 1 aliphatic heterocycles. The maximum absolute atomic E-state index is 13.5. The second-order valence-electron chi connectivity index (χ2n) is 4.30. The van der Waals surface area contributed by atoms with Gasteiger partial charge >= 0.3 is 5.97 Å². The van der Waals surface area contributed by atoms with Gasteiger partial charge in [-0.15, -0.1) is 0 Å². The van der Waals surface area contributed by atoms with E-state index in [2.05, 4.69) is 0 Å². The molecule has 92 valence electrons. The molecule has 1 unspecified atom stereocenters. The van der Waals surface area contributed by atoms with Crippen LogP contribution >= 0.6 is 0 Å². The summed E-state index contributed by atoms with van der Waals surface area (Å²) in [5.74, 6) is -2.38. The zero-order valence-corrected chi connectivity index (χ0v) is 9.08. The minimum absolute atomic E-state index is 0.0223. The van der Waals surface area contributed by atoms with E-state index in [9.17, 15) is 18.7 Å². The second kappa shape index (κ2) is 4.41. The fourth-order valence-electron chi connectivity index (χ4n) is 2.02. The van der Waals surface area contributed by atoms with Crippen LogP contribution in [0.25, 0.3) is 0 Å². The Labute approximate surface area is 97.0 Å². The number of hydrogen-bond donors (Lipinski definition) is 1. The summed E-state index contributed by atoms with van der Waals surface area (Å²) in [5.41, 5.74) is -0.877. The van der Waals surface area contributed by atoms with E-state index >= 15 is 0 Å². The molecule has 17 heavy (non-hydrogen) atoms. The van der Waals surface area contributed by atoms with Crippen LogP contribution in [0.5, 0.6) is 0 Å². The Morgan fingerprint density at radius 3 is 2.76 bits per heavy atom. The van der Waals surface area contributed by atoms with Gasteiger partial charge in [0.15, 0.2) is 0 Å². The highest BCUT2D eigenvalue weighted by Crippen LogP contribution is 2.33. The van der Waals surface area contributed by atoms with Crippen LogP contribution in [0.4, 0.5) is 8.78 Å². The largest absolute Gasteiger partial charge is 0.481 e. The standard InChI is InChI=1S/C12H12F2O3/c13-9-2-1-8(10(14)5-9)6-12(11(15)16)3-4-17-7-12/h1-2,5H,3-4,6-7H2,(H,15,16). The molecule has 0 amide bonds. The summed E-state index contributed by atoms with van der Waals surface area (Å²) in [6.07, 6.45) is 0.369. The van der Waals surface area contributed by atoms with Crippen molar-refractivity contribution < 1.29 is 23.4 Å². The smallest absolute Gasteiger partial charge is 0.312 e. The normalized spacial score (nSPS) is 23.9. The Kier molecular flexibility index (Phi) is 3.11. The SMILES string of the molecule is O=C(O)C1(Cc2ccc(F)cc2F)CCOC1. The van der Waals surface area contributed by atoms with Crippen molar-refractivity contribution in [3.63, 3.8) is 0 Å². The van der Waals surface area contributed by atoms with Crippen molar-refractivity contribution in [2.24, 2.45) is 5.41 Å². The first-order chi connectivity index (χ1) is 8.03. The number of halogens is 2. The third-order valence-electron chi connectivity index (χ3n) is 3.10. The maximum atomic E-state index is 13.5. The Hall–Kier alpha value is -1.49. The summed E-state index contributed by atoms with van der Waals surface area (Å²) >= 11 is 0. The predicted molar refractivity (Wildman–Crippen MR) is 55.6 cm³/mol. The van der Waals surface area contributed by atoms with Crippen molar-refractivity contribution in [2.45, 2.75) is 12.8 Å². The van der Waals surface area contributed by atoms with E-state index in [4.69, 9.17) is 4.74 Å². The van der Waals surface area contributed by atoms with Crippen LogP contribution in [0, 0.1) is 17.0 Å². The summed E-state index contributed by atoms with van der Waals surface area (Å²) in [4.78, 5) is 11.2. The molecule has 0 bridgehead atoms. The molecule has 2 rings (SSSR count). The first kappa shape index (κ1) is 12.0. The lowest BCUT2D eigenvalue weighted by Crippen LogP contribution is -2.34. The van der Waals surface area contributed by atoms with E-state index < -0.39 is 23.0 Å². The third kappa shape index (κ3) is 2.29. The topological polar surface area (TPSA) is 46.5 Å². The molecule has 1 atom stereocenters. The molecule has 0 aliphatic carbocycles. The van der Waals surface area contributed by atoms with E-state index in [0.29, 0.717) is 13.0 Å². The van der Waals surface area contributed by atoms with Crippen LogP contribution in [-0.2, 0) is 16.0 Å². The summed E-state index contributed by atoms with van der Waals surface area (Å²) in [5, 5.41) is 9.19. The van der Waals surface area contributed by atoms with E-state index in [1.165, 1.54) is 6.07 Å². The number of carboxylic acid groups (broad SMARTS) is 1. The molecule has 1 aliphatic rings. The molecule has 0 saturated carbocycles. The molecule has 3 nitrogen and oxygen atoms in total. The maximum Gasteiger partial charge on any atom is 0.312 e. The number of aliphatic carboxylic acids is 1. The highest BCUT2D eigenvalue weighted by atomic mass is 19.1. The van der Waals surface area contributed by atoms with E-state index in [0.717, 1.165) is 12.1 Å². The lowest BCUT2D eigenvalue weighted by atomic mass is 9.81. The highest BCUT2D eigenvalue weighted by molar-refractivity contribution is 5.75. The zero-order chi connectivity index (χ0) is 12.5. The number of hydrogen-bond acceptors (Lipinski definition) is 2. The van der Waals surface area contributed by atoms with Gasteiger partial charge in [-0.05, 0) is 24.5 Å². The first-order valence-corrected chi connectivity index (χ1v) is 5.29. The van der Waals surface area contributed by atoms with E-state index in [1.807, 2.05) is 0 Å². The Morgan fingerprint density at radius 1 is 1.47 bits per heavy atom. The summed E-state index contributed by atoms with van der Waals surface area (Å²) in [7, 11) is 0. The number of rotatable bonds is 3. The van der Waals surface area contributed by atoms with Gasteiger partial charge in [-0.1, -0.05) is 6.07 Å². The summed E-state index contributed by atoms with van der Waals surface area (Å²) < 4.78 is 31.3. The van der Waals surface area contributed by atoms with Crippen molar-refractivity contribution in [2.75, 3.05) is 13.2 Å². The number of carbonyl (C=O) groups is 1. The van der Waals surface area contributed by atoms with Gasteiger partial charge in [0.1, 0.15) is 11.6 Å². The minimum Gasteiger partial charge on any atom is -0.481 e. The lowest BCUT2D eigenvalue weighted by Gasteiger charge is -2.22. The van der Waals surface area contributed by atoms with E-state index in [1.54, 1.807) is 0 Å². The Balaban J connectivity index is 2.26. The molecule has 1 N–H and O–H groups in total. The summed E-state index contributed by atoms with van der Waals surface area (Å²) in [6, 6.07) is 3.18. The molecule has 1 fully saturated rings. The second-order valence-corrected chi connectivity index (χ2v) is 4.30. The molecule has 5 heteroatoms. The van der Waals surface area contributed by atoms with Gasteiger partial charge in [0, 0.05) is 12.7 Å². The molecule has 1 saturated heterocycles. The third-order valence-corrected chi connectivity index (χ3v) is 3.10. The molecule has 0 spiro atoms. The molecule has 0 aromatic heterocycles. The zero-order valence-electron chi connectivity index (χ0n) is 9.08. The number of carboxylic acids is 1. The summed E-state index contributed by atoms with van der Waals surface area (Å²) in [6.45, 7) is 0.425. The Morgan fingerprint density at radius 2 is 2.24 bits per heavy atom. The van der Waals surface area contributed by atoms with Crippen LogP contribution in [0.2, 0.25) is 0 Å². The lowest BCUT2D eigenvalue weighted by molar-refractivity contribution is -0.148. The van der Waals surface area contributed by atoms with Gasteiger partial charge in [-0.25, -0.2) is 8.78 Å². The van der Waals surface area contributed by atoms with Gasteiger partial charge < -0.3 is 9.84 Å². The molecule has 0 radical (unpaired) electrons. The molecular formula is C12H12F2O3. The Bertz CT molecular complexity index is 439. The van der Waals surface area contributed by atoms with Crippen molar-refractivity contribution in [1.29, 1.82) is 0 Å². The van der Waals surface area contributed by atoms with Crippen LogP contribution in [0.15, 0.2) is 18.2 Å². The van der Waals surface area contributed by atoms with E-state index in [-0.39, 0.29) is 18.6 Å². The average molecular weight is 242 g/mol. The van der Waals surface area contributed by atoms with Crippen molar-refractivity contribution >= 4 is 5.97 Å². The highest BCUT2D eigenvalue weighted by Gasteiger charge is 2.43. The van der Waals surface area contributed by atoms with Crippen molar-refractivity contribution in [3.8, 4) is 0 Å². The molecule has 1 aromatic rings. The fraction of sp³-hybridized carbons (Fsp3) is 0.417. The monoisotopic (exact) mass is 242 g/mol. The minimum atomic E-state index is -1.08. The van der Waals surface area contributed by atoms with Gasteiger partial charge in [-0.3, -0.25) is 4.79 Å². The van der Waals surface area contributed by atoms with Gasteiger partial charge in [0.05, 0.1) is 12.0 Å². The van der Waals surface area contributed by atoms with Crippen LogP contribution in [0.3, 0.4) is 0 Å². The molecule has 1 heterocycles. The molecular weight excluding hydrogens is 230 g/mol. The van der Waals surface area contributed by atoms with Gasteiger partial charge in [0.25, 0.3) is 0 Å². The fourth-order valence-corrected chi connectivity index (χ4v) is 2.02. The van der Waals surface area contributed by atoms with Crippen LogP contribution in [0.1, 0.15) is 12.0 Å². The van der Waals surface area contributed by atoms with Gasteiger partial charge in [0.2, 0.25) is 0 Å².